The van der Waals surface area contributed by atoms with Gasteiger partial charge in [-0.1, -0.05) is 0 Å². The Morgan fingerprint density at radius 1 is 1.05 bits per heavy atom. The van der Waals surface area contributed by atoms with E-state index in [-0.39, 0.29) is 0 Å². The number of oxazole rings is 1. The second kappa shape index (κ2) is 6.99. The number of benzene rings is 1. The van der Waals surface area contributed by atoms with Crippen molar-refractivity contribution in [3.63, 3.8) is 0 Å². The summed E-state index contributed by atoms with van der Waals surface area (Å²) < 4.78 is 21.7. The molecule has 2 aromatic rings. The quantitative estimate of drug-likeness (QED) is 0.843. The zero-order valence-electron chi connectivity index (χ0n) is 12.5. The molecule has 2 rings (SSSR count). The number of methoxy groups -OCH3 is 3. The summed E-state index contributed by atoms with van der Waals surface area (Å²) >= 11 is 0. The second-order valence-electron chi connectivity index (χ2n) is 4.42. The van der Waals surface area contributed by atoms with Gasteiger partial charge in [-0.05, 0) is 19.0 Å². The first-order valence-electron chi connectivity index (χ1n) is 6.68. The summed E-state index contributed by atoms with van der Waals surface area (Å²) in [6.45, 7) is 0.609. The van der Waals surface area contributed by atoms with Crippen molar-refractivity contribution in [2.45, 2.75) is 12.8 Å². The van der Waals surface area contributed by atoms with Gasteiger partial charge in [-0.25, -0.2) is 4.98 Å². The fourth-order valence-electron chi connectivity index (χ4n) is 2.03. The summed E-state index contributed by atoms with van der Waals surface area (Å²) in [4.78, 5) is 4.25. The first kappa shape index (κ1) is 15.2. The predicted octanol–water partition coefficient (Wildman–Crippen LogP) is 2.26. The number of nitrogens with two attached hydrogens (primary N) is 1. The predicted molar refractivity (Wildman–Crippen MR) is 79.0 cm³/mol. The maximum atomic E-state index is 5.74. The second-order valence-corrected chi connectivity index (χ2v) is 4.42. The largest absolute Gasteiger partial charge is 0.496 e. The zero-order chi connectivity index (χ0) is 15.2. The molecule has 1 heterocycles. The van der Waals surface area contributed by atoms with Gasteiger partial charge in [0.05, 0.1) is 33.1 Å². The van der Waals surface area contributed by atoms with Crippen molar-refractivity contribution in [1.82, 2.24) is 4.98 Å². The SMILES string of the molecule is COc1cc(OC)c(-c2cnc(CCCN)o2)cc1OC. The molecule has 0 unspecified atom stereocenters. The van der Waals surface area contributed by atoms with E-state index in [4.69, 9.17) is 24.4 Å². The third-order valence-corrected chi connectivity index (χ3v) is 3.12. The fourth-order valence-corrected chi connectivity index (χ4v) is 2.03. The average Bonchev–Trinajstić information content (AvgIpc) is 3.00. The van der Waals surface area contributed by atoms with Crippen LogP contribution in [0.3, 0.4) is 0 Å². The Balaban J connectivity index is 2.39. The number of aryl methyl sites for hydroxylation is 1. The van der Waals surface area contributed by atoms with Gasteiger partial charge in [-0.15, -0.1) is 0 Å². The van der Waals surface area contributed by atoms with Crippen molar-refractivity contribution >= 4 is 0 Å². The maximum Gasteiger partial charge on any atom is 0.194 e. The van der Waals surface area contributed by atoms with Crippen molar-refractivity contribution in [1.29, 1.82) is 0 Å². The molecule has 6 nitrogen and oxygen atoms in total. The van der Waals surface area contributed by atoms with Gasteiger partial charge in [0.15, 0.2) is 23.1 Å². The molecule has 0 aliphatic carbocycles. The van der Waals surface area contributed by atoms with Crippen LogP contribution >= 0.6 is 0 Å². The summed E-state index contributed by atoms with van der Waals surface area (Å²) in [5, 5.41) is 0. The minimum Gasteiger partial charge on any atom is -0.496 e. The first-order valence-corrected chi connectivity index (χ1v) is 6.68. The molecule has 0 amide bonds. The van der Waals surface area contributed by atoms with Gasteiger partial charge in [0, 0.05) is 12.5 Å². The molecule has 1 aromatic carbocycles. The van der Waals surface area contributed by atoms with Crippen molar-refractivity contribution in [3.8, 4) is 28.6 Å². The number of hydrogen-bond donors (Lipinski definition) is 1. The summed E-state index contributed by atoms with van der Waals surface area (Å²) in [5.74, 6) is 3.12. The highest BCUT2D eigenvalue weighted by Gasteiger charge is 2.16. The van der Waals surface area contributed by atoms with Crippen LogP contribution in [0.5, 0.6) is 17.2 Å². The first-order chi connectivity index (χ1) is 10.2. The third kappa shape index (κ3) is 3.28. The maximum absolute atomic E-state index is 5.74. The van der Waals surface area contributed by atoms with Crippen molar-refractivity contribution in [2.75, 3.05) is 27.9 Å². The Kier molecular flexibility index (Phi) is 5.05. The molecule has 0 fully saturated rings. The molecular weight excluding hydrogens is 272 g/mol. The normalized spacial score (nSPS) is 10.5. The van der Waals surface area contributed by atoms with E-state index in [0.717, 1.165) is 12.0 Å². The van der Waals surface area contributed by atoms with Crippen LogP contribution in [0.15, 0.2) is 22.7 Å². The third-order valence-electron chi connectivity index (χ3n) is 3.12. The molecule has 0 saturated heterocycles. The summed E-state index contributed by atoms with van der Waals surface area (Å²) in [5.41, 5.74) is 6.26. The van der Waals surface area contributed by atoms with Crippen LogP contribution in [-0.4, -0.2) is 32.9 Å². The van der Waals surface area contributed by atoms with Crippen LogP contribution in [0.4, 0.5) is 0 Å². The monoisotopic (exact) mass is 292 g/mol. The standard InChI is InChI=1S/C15H20N2O4/c1-18-11-8-13(20-3)12(19-2)7-10(11)14-9-17-15(21-14)5-4-6-16/h7-9H,4-6,16H2,1-3H3. The van der Waals surface area contributed by atoms with Gasteiger partial charge in [-0.3, -0.25) is 0 Å². The lowest BCUT2D eigenvalue weighted by atomic mass is 10.1. The number of rotatable bonds is 7. The number of nitrogens with zero attached hydrogens (tertiary/aromatic N) is 1. The van der Waals surface area contributed by atoms with Gasteiger partial charge in [0.25, 0.3) is 0 Å². The molecule has 21 heavy (non-hydrogen) atoms. The molecule has 0 bridgehead atoms. The molecule has 6 heteroatoms. The Morgan fingerprint density at radius 2 is 1.71 bits per heavy atom. The van der Waals surface area contributed by atoms with Gasteiger partial charge in [0.1, 0.15) is 5.75 Å². The Labute approximate surface area is 123 Å². The van der Waals surface area contributed by atoms with Crippen molar-refractivity contribution in [2.24, 2.45) is 5.73 Å². The molecule has 0 atom stereocenters. The van der Waals surface area contributed by atoms with Crippen LogP contribution in [0, 0.1) is 0 Å². The molecule has 0 spiro atoms. The van der Waals surface area contributed by atoms with Gasteiger partial charge >= 0.3 is 0 Å². The minimum atomic E-state index is 0.598. The lowest BCUT2D eigenvalue weighted by molar-refractivity contribution is 0.349. The van der Waals surface area contributed by atoms with Crippen molar-refractivity contribution < 1.29 is 18.6 Å². The van der Waals surface area contributed by atoms with Gasteiger partial charge in [-0.2, -0.15) is 0 Å². The lowest BCUT2D eigenvalue weighted by Gasteiger charge is -2.12. The molecular formula is C15H20N2O4. The minimum absolute atomic E-state index is 0.598. The van der Waals surface area contributed by atoms with E-state index in [0.29, 0.717) is 41.9 Å². The fraction of sp³-hybridized carbons (Fsp3) is 0.400. The molecule has 0 radical (unpaired) electrons. The molecule has 0 saturated carbocycles. The summed E-state index contributed by atoms with van der Waals surface area (Å²) in [7, 11) is 4.76. The van der Waals surface area contributed by atoms with E-state index < -0.39 is 0 Å². The van der Waals surface area contributed by atoms with Crippen LogP contribution < -0.4 is 19.9 Å². The Bertz CT molecular complexity index is 595. The molecule has 1 aromatic heterocycles. The summed E-state index contributed by atoms with van der Waals surface area (Å²) in [6, 6.07) is 3.57. The van der Waals surface area contributed by atoms with Crippen LogP contribution in [-0.2, 0) is 6.42 Å². The van der Waals surface area contributed by atoms with E-state index in [1.165, 1.54) is 0 Å². The van der Waals surface area contributed by atoms with Crippen LogP contribution in [0.25, 0.3) is 11.3 Å². The zero-order valence-corrected chi connectivity index (χ0v) is 12.5. The van der Waals surface area contributed by atoms with E-state index >= 15 is 0 Å². The van der Waals surface area contributed by atoms with Crippen LogP contribution in [0.1, 0.15) is 12.3 Å². The average molecular weight is 292 g/mol. The van der Waals surface area contributed by atoms with Gasteiger partial charge < -0.3 is 24.4 Å². The highest BCUT2D eigenvalue weighted by molar-refractivity contribution is 5.70. The highest BCUT2D eigenvalue weighted by Crippen LogP contribution is 2.40. The molecule has 114 valence electrons. The summed E-state index contributed by atoms with van der Waals surface area (Å²) in [6.07, 6.45) is 3.23. The smallest absolute Gasteiger partial charge is 0.194 e. The van der Waals surface area contributed by atoms with E-state index in [1.54, 1.807) is 33.6 Å². The highest BCUT2D eigenvalue weighted by atomic mass is 16.5. The number of ether oxygens (including phenoxy) is 3. The molecule has 0 aliphatic heterocycles. The van der Waals surface area contributed by atoms with E-state index in [9.17, 15) is 0 Å². The van der Waals surface area contributed by atoms with Crippen molar-refractivity contribution in [3.05, 3.63) is 24.2 Å². The Morgan fingerprint density at radius 3 is 2.33 bits per heavy atom. The van der Waals surface area contributed by atoms with Crippen LogP contribution in [0.2, 0.25) is 0 Å². The van der Waals surface area contributed by atoms with E-state index in [2.05, 4.69) is 4.98 Å². The Hall–Kier alpha value is -2.21. The van der Waals surface area contributed by atoms with E-state index in [1.807, 2.05) is 6.07 Å². The van der Waals surface area contributed by atoms with Gasteiger partial charge in [0.2, 0.25) is 0 Å². The topological polar surface area (TPSA) is 79.7 Å². The lowest BCUT2D eigenvalue weighted by Crippen LogP contribution is -2.00. The number of aromatic nitrogens is 1. The number of hydrogen-bond acceptors (Lipinski definition) is 6. The molecule has 0 aliphatic rings. The molecule has 2 N–H and O–H groups in total.